The van der Waals surface area contributed by atoms with Gasteiger partial charge in [-0.05, 0) is 55.8 Å². The van der Waals surface area contributed by atoms with Gasteiger partial charge in [0.05, 0.1) is 0 Å². The molecule has 0 bridgehead atoms. The highest BCUT2D eigenvalue weighted by Gasteiger charge is 2.27. The van der Waals surface area contributed by atoms with E-state index < -0.39 is 0 Å². The number of piperidine rings is 1. The van der Waals surface area contributed by atoms with E-state index in [1.54, 1.807) is 0 Å². The minimum atomic E-state index is 0.238. The lowest BCUT2D eigenvalue weighted by Gasteiger charge is -2.36. The SMILES string of the molecule is CC(CN)(Cc1cccs1)CN1CCCCC1. The van der Waals surface area contributed by atoms with Crippen molar-refractivity contribution in [3.8, 4) is 0 Å². The van der Waals surface area contributed by atoms with Gasteiger partial charge in [-0.15, -0.1) is 11.3 Å². The van der Waals surface area contributed by atoms with Crippen LogP contribution in [0.15, 0.2) is 17.5 Å². The van der Waals surface area contributed by atoms with E-state index in [0.29, 0.717) is 0 Å². The molecule has 0 radical (unpaired) electrons. The fourth-order valence-electron chi connectivity index (χ4n) is 2.68. The van der Waals surface area contributed by atoms with Crippen LogP contribution in [0.2, 0.25) is 0 Å². The molecular weight excluding hydrogens is 228 g/mol. The van der Waals surface area contributed by atoms with Gasteiger partial charge < -0.3 is 10.6 Å². The lowest BCUT2D eigenvalue weighted by molar-refractivity contribution is 0.146. The summed E-state index contributed by atoms with van der Waals surface area (Å²) < 4.78 is 0. The highest BCUT2D eigenvalue weighted by Crippen LogP contribution is 2.26. The maximum Gasteiger partial charge on any atom is 0.00516 e. The Hall–Kier alpha value is -0.380. The molecule has 1 aromatic heterocycles. The second kappa shape index (κ2) is 5.98. The number of nitrogens with two attached hydrogens (primary N) is 1. The second-order valence-corrected chi connectivity index (χ2v) is 6.64. The predicted octanol–water partition coefficient (Wildman–Crippen LogP) is 2.74. The lowest BCUT2D eigenvalue weighted by Crippen LogP contribution is -2.43. The number of rotatable bonds is 5. The molecule has 1 atom stereocenters. The molecule has 1 saturated heterocycles. The molecule has 1 fully saturated rings. The summed E-state index contributed by atoms with van der Waals surface area (Å²) in [6.07, 6.45) is 5.25. The molecule has 0 saturated carbocycles. The normalized spacial score (nSPS) is 21.3. The Bertz CT molecular complexity index is 317. The summed E-state index contributed by atoms with van der Waals surface area (Å²) in [5.41, 5.74) is 6.26. The maximum absolute atomic E-state index is 6.02. The number of likely N-dealkylation sites (tertiary alicyclic amines) is 1. The Balaban J connectivity index is 1.93. The highest BCUT2D eigenvalue weighted by atomic mass is 32.1. The molecular formula is C14H24N2S. The summed E-state index contributed by atoms with van der Waals surface area (Å²) in [6, 6.07) is 4.37. The van der Waals surface area contributed by atoms with Gasteiger partial charge in [-0.3, -0.25) is 0 Å². The van der Waals surface area contributed by atoms with Crippen LogP contribution >= 0.6 is 11.3 Å². The van der Waals surface area contributed by atoms with E-state index in [1.807, 2.05) is 11.3 Å². The van der Waals surface area contributed by atoms with E-state index in [-0.39, 0.29) is 5.41 Å². The van der Waals surface area contributed by atoms with E-state index in [2.05, 4.69) is 29.3 Å². The molecule has 1 aromatic rings. The Morgan fingerprint density at radius 3 is 2.71 bits per heavy atom. The average molecular weight is 252 g/mol. The third-order valence-corrected chi connectivity index (χ3v) is 4.60. The van der Waals surface area contributed by atoms with Crippen LogP contribution in [-0.4, -0.2) is 31.1 Å². The van der Waals surface area contributed by atoms with Gasteiger partial charge in [0.2, 0.25) is 0 Å². The quantitative estimate of drug-likeness (QED) is 0.873. The minimum Gasteiger partial charge on any atom is -0.330 e. The molecule has 0 spiro atoms. The molecule has 0 aromatic carbocycles. The zero-order chi connectivity index (χ0) is 12.1. The van der Waals surface area contributed by atoms with Crippen LogP contribution in [0.25, 0.3) is 0 Å². The summed E-state index contributed by atoms with van der Waals surface area (Å²) in [6.45, 7) is 6.80. The molecule has 3 heteroatoms. The Kier molecular flexibility index (Phi) is 4.60. The number of hydrogen-bond acceptors (Lipinski definition) is 3. The second-order valence-electron chi connectivity index (χ2n) is 5.61. The molecule has 1 unspecified atom stereocenters. The Morgan fingerprint density at radius 2 is 2.12 bits per heavy atom. The molecule has 2 rings (SSSR count). The van der Waals surface area contributed by atoms with Crippen LogP contribution in [0, 0.1) is 5.41 Å². The summed E-state index contributed by atoms with van der Waals surface area (Å²) in [5.74, 6) is 0. The van der Waals surface area contributed by atoms with Crippen molar-refractivity contribution in [3.63, 3.8) is 0 Å². The number of hydrogen-bond donors (Lipinski definition) is 1. The highest BCUT2D eigenvalue weighted by molar-refractivity contribution is 7.09. The Morgan fingerprint density at radius 1 is 1.35 bits per heavy atom. The van der Waals surface area contributed by atoms with E-state index in [4.69, 9.17) is 5.73 Å². The summed E-state index contributed by atoms with van der Waals surface area (Å²) in [4.78, 5) is 4.07. The summed E-state index contributed by atoms with van der Waals surface area (Å²) >= 11 is 1.85. The van der Waals surface area contributed by atoms with E-state index in [9.17, 15) is 0 Å². The molecule has 2 nitrogen and oxygen atoms in total. The van der Waals surface area contributed by atoms with E-state index in [1.165, 1.54) is 37.2 Å². The predicted molar refractivity (Wildman–Crippen MR) is 75.5 cm³/mol. The lowest BCUT2D eigenvalue weighted by atomic mass is 9.85. The van der Waals surface area contributed by atoms with Crippen molar-refractivity contribution in [1.82, 2.24) is 4.90 Å². The van der Waals surface area contributed by atoms with E-state index >= 15 is 0 Å². The van der Waals surface area contributed by atoms with E-state index in [0.717, 1.165) is 19.5 Å². The minimum absolute atomic E-state index is 0.238. The topological polar surface area (TPSA) is 29.3 Å². The third-order valence-electron chi connectivity index (χ3n) is 3.73. The van der Waals surface area contributed by atoms with Crippen molar-refractivity contribution in [2.45, 2.75) is 32.6 Å². The van der Waals surface area contributed by atoms with Crippen molar-refractivity contribution in [2.75, 3.05) is 26.2 Å². The maximum atomic E-state index is 6.02. The van der Waals surface area contributed by atoms with Crippen LogP contribution in [0.1, 0.15) is 31.1 Å². The number of thiophene rings is 1. The van der Waals surface area contributed by atoms with Gasteiger partial charge >= 0.3 is 0 Å². The molecule has 0 amide bonds. The molecule has 0 aliphatic carbocycles. The first-order valence-corrected chi connectivity index (χ1v) is 7.55. The molecule has 2 heterocycles. The Labute approximate surface area is 109 Å². The zero-order valence-electron chi connectivity index (χ0n) is 10.8. The van der Waals surface area contributed by atoms with Crippen LogP contribution in [0.5, 0.6) is 0 Å². The average Bonchev–Trinajstić information content (AvgIpc) is 2.83. The van der Waals surface area contributed by atoms with Gasteiger partial charge in [-0.25, -0.2) is 0 Å². The van der Waals surface area contributed by atoms with Crippen molar-refractivity contribution in [2.24, 2.45) is 11.1 Å². The van der Waals surface area contributed by atoms with Crippen molar-refractivity contribution in [1.29, 1.82) is 0 Å². The van der Waals surface area contributed by atoms with Crippen LogP contribution < -0.4 is 5.73 Å². The van der Waals surface area contributed by atoms with Crippen molar-refractivity contribution >= 4 is 11.3 Å². The molecule has 96 valence electrons. The molecule has 17 heavy (non-hydrogen) atoms. The van der Waals surface area contributed by atoms with Crippen molar-refractivity contribution in [3.05, 3.63) is 22.4 Å². The molecule has 1 aliphatic rings. The van der Waals surface area contributed by atoms with Gasteiger partial charge in [-0.2, -0.15) is 0 Å². The molecule has 2 N–H and O–H groups in total. The smallest absolute Gasteiger partial charge is 0.00516 e. The van der Waals surface area contributed by atoms with Gasteiger partial charge in [0.15, 0.2) is 0 Å². The first-order valence-electron chi connectivity index (χ1n) is 6.67. The summed E-state index contributed by atoms with van der Waals surface area (Å²) in [5, 5.41) is 2.16. The standard InChI is InChI=1S/C14H24N2S/c1-14(11-15,10-13-6-5-9-17-13)12-16-7-3-2-4-8-16/h5-6,9H,2-4,7-8,10-12,15H2,1H3. The zero-order valence-corrected chi connectivity index (χ0v) is 11.6. The van der Waals surface area contributed by atoms with Crippen LogP contribution in [-0.2, 0) is 6.42 Å². The van der Waals surface area contributed by atoms with Gasteiger partial charge in [0, 0.05) is 11.4 Å². The first-order chi connectivity index (χ1) is 8.22. The van der Waals surface area contributed by atoms with Gasteiger partial charge in [0.25, 0.3) is 0 Å². The monoisotopic (exact) mass is 252 g/mol. The van der Waals surface area contributed by atoms with Gasteiger partial charge in [-0.1, -0.05) is 19.4 Å². The largest absolute Gasteiger partial charge is 0.330 e. The molecule has 1 aliphatic heterocycles. The number of nitrogens with zero attached hydrogens (tertiary/aromatic N) is 1. The third kappa shape index (κ3) is 3.80. The van der Waals surface area contributed by atoms with Crippen LogP contribution in [0.4, 0.5) is 0 Å². The van der Waals surface area contributed by atoms with Gasteiger partial charge in [0.1, 0.15) is 0 Å². The fourth-order valence-corrected chi connectivity index (χ4v) is 3.60. The summed E-state index contributed by atoms with van der Waals surface area (Å²) in [7, 11) is 0. The fraction of sp³-hybridized carbons (Fsp3) is 0.714. The van der Waals surface area contributed by atoms with Crippen LogP contribution in [0.3, 0.4) is 0 Å². The van der Waals surface area contributed by atoms with Crippen molar-refractivity contribution < 1.29 is 0 Å². The first kappa shape index (κ1) is 13.1.